The molecule has 1 N–H and O–H groups in total. The Hall–Kier alpha value is -2.69. The lowest BCUT2D eigenvalue weighted by Crippen LogP contribution is -2.47. The molecule has 0 bridgehead atoms. The van der Waals surface area contributed by atoms with Crippen molar-refractivity contribution < 1.29 is 4.74 Å². The first-order valence-electron chi connectivity index (χ1n) is 11.8. The maximum atomic E-state index is 6.71. The van der Waals surface area contributed by atoms with Crippen LogP contribution < -0.4 is 19.9 Å². The van der Waals surface area contributed by atoms with Gasteiger partial charge in [0.2, 0.25) is 0 Å². The van der Waals surface area contributed by atoms with Gasteiger partial charge >= 0.3 is 0 Å². The van der Waals surface area contributed by atoms with E-state index in [0.29, 0.717) is 0 Å². The van der Waals surface area contributed by atoms with E-state index in [1.165, 1.54) is 28.1 Å². The predicted octanol–water partition coefficient (Wildman–Crippen LogP) is 5.28. The van der Waals surface area contributed by atoms with Crippen LogP contribution in [0, 0.1) is 0 Å². The lowest BCUT2D eigenvalue weighted by molar-refractivity contribution is 0.406. The van der Waals surface area contributed by atoms with Crippen molar-refractivity contribution in [2.45, 2.75) is 25.3 Å². The third kappa shape index (κ3) is 4.55. The Morgan fingerprint density at radius 3 is 2.48 bits per heavy atom. The Morgan fingerprint density at radius 2 is 1.73 bits per heavy atom. The largest absolute Gasteiger partial charge is 0.497 e. The van der Waals surface area contributed by atoms with Crippen LogP contribution in [0.3, 0.4) is 0 Å². The second kappa shape index (κ2) is 9.28. The van der Waals surface area contributed by atoms with Crippen LogP contribution in [-0.4, -0.2) is 39.8 Å². The summed E-state index contributed by atoms with van der Waals surface area (Å²) in [5, 5.41) is 4.29. The van der Waals surface area contributed by atoms with Gasteiger partial charge in [-0.3, -0.25) is 0 Å². The van der Waals surface area contributed by atoms with Gasteiger partial charge in [-0.05, 0) is 47.4 Å². The van der Waals surface area contributed by atoms with Crippen LogP contribution in [0.4, 0.5) is 11.4 Å². The zero-order valence-corrected chi connectivity index (χ0v) is 20.2. The number of anilines is 2. The number of nitrogens with one attached hydrogen (secondary N) is 1. The molecule has 2 aliphatic rings. The molecule has 3 aromatic carbocycles. The van der Waals surface area contributed by atoms with Gasteiger partial charge in [-0.25, -0.2) is 0 Å². The molecule has 5 heteroatoms. The first-order chi connectivity index (χ1) is 16.1. The summed E-state index contributed by atoms with van der Waals surface area (Å²) in [5.74, 6) is 0.910. The van der Waals surface area contributed by atoms with E-state index in [2.05, 4.69) is 82.7 Å². The highest BCUT2D eigenvalue weighted by Gasteiger charge is 2.38. The molecule has 0 aliphatic carbocycles. The summed E-state index contributed by atoms with van der Waals surface area (Å²) in [6, 6.07) is 23.6. The van der Waals surface area contributed by atoms with Gasteiger partial charge in [0.05, 0.1) is 7.11 Å². The predicted molar refractivity (Wildman–Crippen MR) is 138 cm³/mol. The van der Waals surface area contributed by atoms with E-state index in [1.54, 1.807) is 7.11 Å². The molecule has 1 atom stereocenters. The maximum Gasteiger partial charge on any atom is 0.119 e. The van der Waals surface area contributed by atoms with Crippen molar-refractivity contribution >= 4 is 23.0 Å². The number of piperazine rings is 1. The summed E-state index contributed by atoms with van der Waals surface area (Å²) in [4.78, 5) is 5.02. The Labute approximate surface area is 202 Å². The Kier molecular flexibility index (Phi) is 6.22. The van der Waals surface area contributed by atoms with Crippen molar-refractivity contribution in [3.63, 3.8) is 0 Å². The summed E-state index contributed by atoms with van der Waals surface area (Å²) in [6.45, 7) is 8.17. The number of ether oxygens (including phenoxy) is 1. The van der Waals surface area contributed by atoms with Gasteiger partial charge in [0.1, 0.15) is 5.75 Å². The molecular formula is C28H32ClN3O. The first kappa shape index (κ1) is 22.1. The van der Waals surface area contributed by atoms with E-state index < -0.39 is 0 Å². The van der Waals surface area contributed by atoms with E-state index in [-0.39, 0.29) is 5.41 Å². The summed E-state index contributed by atoms with van der Waals surface area (Å²) in [5.41, 5.74) is 6.51. The highest BCUT2D eigenvalue weighted by molar-refractivity contribution is 6.31. The van der Waals surface area contributed by atoms with Gasteiger partial charge in [-0.15, -0.1) is 0 Å². The van der Waals surface area contributed by atoms with E-state index in [1.807, 2.05) is 6.07 Å². The molecule has 0 spiro atoms. The highest BCUT2D eigenvalue weighted by atomic mass is 35.5. The van der Waals surface area contributed by atoms with Crippen molar-refractivity contribution in [1.82, 2.24) is 5.32 Å². The van der Waals surface area contributed by atoms with E-state index in [9.17, 15) is 0 Å². The third-order valence-electron chi connectivity index (χ3n) is 7.06. The molecule has 5 rings (SSSR count). The molecule has 2 heterocycles. The number of methoxy groups -OCH3 is 1. The zero-order chi connectivity index (χ0) is 22.8. The van der Waals surface area contributed by atoms with Crippen molar-refractivity contribution in [1.29, 1.82) is 0 Å². The van der Waals surface area contributed by atoms with Crippen molar-refractivity contribution in [2.24, 2.45) is 0 Å². The molecule has 4 nitrogen and oxygen atoms in total. The SMILES string of the molecule is COc1cccc(C2(C)Cc3c(N4CCNCC4)cc(Cl)cc3N(Cc3ccccc3)C2)c1. The zero-order valence-electron chi connectivity index (χ0n) is 19.5. The average molecular weight is 462 g/mol. The fourth-order valence-electron chi connectivity index (χ4n) is 5.35. The number of rotatable bonds is 5. The van der Waals surface area contributed by atoms with Gasteiger partial charge in [0, 0.05) is 61.1 Å². The van der Waals surface area contributed by atoms with Gasteiger partial charge in [-0.2, -0.15) is 0 Å². The number of nitrogens with zero attached hydrogens (tertiary/aromatic N) is 2. The molecule has 0 radical (unpaired) electrons. The minimum absolute atomic E-state index is 0.0487. The van der Waals surface area contributed by atoms with Gasteiger partial charge in [-0.1, -0.05) is 61.0 Å². The molecule has 3 aromatic rings. The highest BCUT2D eigenvalue weighted by Crippen LogP contribution is 2.45. The summed E-state index contributed by atoms with van der Waals surface area (Å²) in [6.07, 6.45) is 0.969. The minimum atomic E-state index is -0.0487. The van der Waals surface area contributed by atoms with E-state index in [0.717, 1.165) is 56.5 Å². The summed E-state index contributed by atoms with van der Waals surface area (Å²) in [7, 11) is 1.74. The summed E-state index contributed by atoms with van der Waals surface area (Å²) >= 11 is 6.71. The average Bonchev–Trinajstić information content (AvgIpc) is 2.85. The monoisotopic (exact) mass is 461 g/mol. The van der Waals surface area contributed by atoms with Crippen molar-refractivity contribution in [3.05, 3.63) is 88.4 Å². The molecule has 2 aliphatic heterocycles. The molecule has 1 fully saturated rings. The molecule has 0 aromatic heterocycles. The number of fused-ring (bicyclic) bond motifs is 1. The lowest BCUT2D eigenvalue weighted by Gasteiger charge is -2.45. The number of hydrogen-bond acceptors (Lipinski definition) is 4. The van der Waals surface area contributed by atoms with Gasteiger partial charge in [0.25, 0.3) is 0 Å². The van der Waals surface area contributed by atoms with Crippen LogP contribution in [0.25, 0.3) is 0 Å². The molecule has 1 unspecified atom stereocenters. The molecular weight excluding hydrogens is 430 g/mol. The number of hydrogen-bond donors (Lipinski definition) is 1. The van der Waals surface area contributed by atoms with Crippen LogP contribution in [0.2, 0.25) is 5.02 Å². The first-order valence-corrected chi connectivity index (χ1v) is 12.1. The van der Waals surface area contributed by atoms with Crippen molar-refractivity contribution in [2.75, 3.05) is 49.6 Å². The fourth-order valence-corrected chi connectivity index (χ4v) is 5.56. The second-order valence-corrected chi connectivity index (χ2v) is 9.91. The van der Waals surface area contributed by atoms with Crippen LogP contribution in [-0.2, 0) is 18.4 Å². The van der Waals surface area contributed by atoms with Crippen molar-refractivity contribution in [3.8, 4) is 5.75 Å². The van der Waals surface area contributed by atoms with Gasteiger partial charge in [0.15, 0.2) is 0 Å². The number of halogens is 1. The minimum Gasteiger partial charge on any atom is -0.497 e. The maximum absolute atomic E-state index is 6.71. The standard InChI is InChI=1S/C28H32ClN3O/c1-28(22-9-6-10-24(15-22)33-2)18-25-26(31-13-11-30-12-14-31)16-23(29)17-27(25)32(20-28)19-21-7-4-3-5-8-21/h3-10,15-17,30H,11-14,18-20H2,1-2H3. The summed E-state index contributed by atoms with van der Waals surface area (Å²) < 4.78 is 5.57. The normalized spacial score (nSPS) is 20.5. The molecule has 33 heavy (non-hydrogen) atoms. The molecule has 0 saturated carbocycles. The van der Waals surface area contributed by atoms with Crippen LogP contribution in [0.5, 0.6) is 5.75 Å². The molecule has 1 saturated heterocycles. The Bertz CT molecular complexity index is 1110. The molecule has 0 amide bonds. The molecule has 172 valence electrons. The van der Waals surface area contributed by atoms with Gasteiger partial charge < -0.3 is 19.9 Å². The smallest absolute Gasteiger partial charge is 0.119 e. The van der Waals surface area contributed by atoms with Crippen LogP contribution in [0.1, 0.15) is 23.6 Å². The fraction of sp³-hybridized carbons (Fsp3) is 0.357. The Morgan fingerprint density at radius 1 is 0.970 bits per heavy atom. The lowest BCUT2D eigenvalue weighted by atomic mass is 9.73. The van der Waals surface area contributed by atoms with E-state index in [4.69, 9.17) is 16.3 Å². The Balaban J connectivity index is 1.62. The second-order valence-electron chi connectivity index (χ2n) is 9.47. The number of benzene rings is 3. The third-order valence-corrected chi connectivity index (χ3v) is 7.27. The topological polar surface area (TPSA) is 27.7 Å². The van der Waals surface area contributed by atoms with E-state index >= 15 is 0 Å². The quantitative estimate of drug-likeness (QED) is 0.559. The van der Waals surface area contributed by atoms with Crippen LogP contribution in [0.15, 0.2) is 66.7 Å². The van der Waals surface area contributed by atoms with Crippen LogP contribution >= 0.6 is 11.6 Å².